The lowest BCUT2D eigenvalue weighted by molar-refractivity contribution is -0.125. The van der Waals surface area contributed by atoms with Gasteiger partial charge in [-0.15, -0.1) is 12.4 Å². The third-order valence-electron chi connectivity index (χ3n) is 4.23. The monoisotopic (exact) mass is 382 g/mol. The maximum atomic E-state index is 12.4. The molecule has 26 heavy (non-hydrogen) atoms. The molecule has 0 aromatic heterocycles. The topological polar surface area (TPSA) is 105 Å². The van der Waals surface area contributed by atoms with Crippen molar-refractivity contribution in [3.05, 3.63) is 29.8 Å². The molecule has 7 nitrogen and oxygen atoms in total. The van der Waals surface area contributed by atoms with E-state index in [2.05, 4.69) is 10.6 Å². The Bertz CT molecular complexity index is 645. The first-order chi connectivity index (χ1) is 11.9. The number of likely N-dealkylation sites (tertiary alicyclic amines) is 1. The van der Waals surface area contributed by atoms with E-state index in [0.717, 1.165) is 25.9 Å². The Morgan fingerprint density at radius 1 is 1.19 bits per heavy atom. The molecule has 1 saturated heterocycles. The van der Waals surface area contributed by atoms with Crippen LogP contribution in [0.4, 0.5) is 5.69 Å². The van der Waals surface area contributed by atoms with Crippen molar-refractivity contribution in [2.45, 2.75) is 32.7 Å². The molecule has 0 aliphatic carbocycles. The van der Waals surface area contributed by atoms with Gasteiger partial charge in [0.1, 0.15) is 0 Å². The number of nitrogens with one attached hydrogen (secondary N) is 2. The van der Waals surface area contributed by atoms with Crippen molar-refractivity contribution in [1.29, 1.82) is 0 Å². The number of hydrogen-bond acceptors (Lipinski definition) is 4. The standard InChI is InChI=1S/C18H26N4O3.ClH/c1-12(2)16(19)17(24)20-11-15(23)21-14-7-5-6-13(10-14)18(25)22-8-3-4-9-22;/h5-7,10,12,16H,3-4,8-9,11,19H2,1-2H3,(H,20,24)(H,21,23);1H/t16-;/m0./s1. The lowest BCUT2D eigenvalue weighted by Gasteiger charge is -2.16. The van der Waals surface area contributed by atoms with E-state index in [1.807, 2.05) is 18.7 Å². The van der Waals surface area contributed by atoms with Gasteiger partial charge >= 0.3 is 0 Å². The Morgan fingerprint density at radius 2 is 1.85 bits per heavy atom. The molecule has 1 aromatic carbocycles. The molecule has 0 radical (unpaired) electrons. The van der Waals surface area contributed by atoms with Gasteiger partial charge in [0.2, 0.25) is 11.8 Å². The minimum absolute atomic E-state index is 0. The number of nitrogens with zero attached hydrogens (tertiary/aromatic N) is 1. The highest BCUT2D eigenvalue weighted by Crippen LogP contribution is 2.16. The van der Waals surface area contributed by atoms with Crippen LogP contribution in [-0.4, -0.2) is 48.3 Å². The molecule has 1 aliphatic rings. The normalized spacial score (nSPS) is 14.5. The molecule has 1 aliphatic heterocycles. The number of nitrogens with two attached hydrogens (primary N) is 1. The number of benzene rings is 1. The van der Waals surface area contributed by atoms with Gasteiger partial charge in [0, 0.05) is 24.3 Å². The molecule has 1 fully saturated rings. The minimum atomic E-state index is -0.644. The van der Waals surface area contributed by atoms with Crippen LogP contribution in [0.2, 0.25) is 0 Å². The summed E-state index contributed by atoms with van der Waals surface area (Å²) in [5.41, 5.74) is 6.80. The zero-order valence-electron chi connectivity index (χ0n) is 15.2. The summed E-state index contributed by atoms with van der Waals surface area (Å²) in [6.07, 6.45) is 2.06. The Kier molecular flexibility index (Phi) is 8.54. The van der Waals surface area contributed by atoms with Crippen molar-refractivity contribution in [3.63, 3.8) is 0 Å². The molecule has 1 atom stereocenters. The Balaban J connectivity index is 0.00000338. The highest BCUT2D eigenvalue weighted by Gasteiger charge is 2.20. The highest BCUT2D eigenvalue weighted by molar-refractivity contribution is 5.98. The lowest BCUT2D eigenvalue weighted by atomic mass is 10.1. The van der Waals surface area contributed by atoms with Crippen LogP contribution in [0.25, 0.3) is 0 Å². The van der Waals surface area contributed by atoms with Gasteiger partial charge in [0.05, 0.1) is 12.6 Å². The predicted molar refractivity (Wildman–Crippen MR) is 103 cm³/mol. The summed E-state index contributed by atoms with van der Waals surface area (Å²) in [6, 6.07) is 6.18. The van der Waals surface area contributed by atoms with Crippen molar-refractivity contribution >= 4 is 35.8 Å². The van der Waals surface area contributed by atoms with Gasteiger partial charge in [0.15, 0.2) is 0 Å². The first kappa shape index (κ1) is 21.9. The largest absolute Gasteiger partial charge is 0.346 e. The molecule has 0 saturated carbocycles. The average molecular weight is 383 g/mol. The van der Waals surface area contributed by atoms with Gasteiger partial charge in [-0.25, -0.2) is 0 Å². The van der Waals surface area contributed by atoms with Crippen molar-refractivity contribution in [2.75, 3.05) is 25.0 Å². The molecule has 0 bridgehead atoms. The van der Waals surface area contributed by atoms with Crippen LogP contribution in [0.3, 0.4) is 0 Å². The van der Waals surface area contributed by atoms with Crippen LogP contribution in [0, 0.1) is 5.92 Å². The number of halogens is 1. The van der Waals surface area contributed by atoms with Crippen molar-refractivity contribution in [2.24, 2.45) is 11.7 Å². The highest BCUT2D eigenvalue weighted by atomic mass is 35.5. The number of anilines is 1. The van der Waals surface area contributed by atoms with E-state index in [9.17, 15) is 14.4 Å². The summed E-state index contributed by atoms with van der Waals surface area (Å²) in [6.45, 7) is 5.07. The van der Waals surface area contributed by atoms with E-state index in [1.165, 1.54) is 0 Å². The van der Waals surface area contributed by atoms with Crippen molar-refractivity contribution in [3.8, 4) is 0 Å². The number of hydrogen-bond donors (Lipinski definition) is 3. The number of carbonyl (C=O) groups is 3. The second-order valence-electron chi connectivity index (χ2n) is 6.62. The second-order valence-corrected chi connectivity index (χ2v) is 6.62. The van der Waals surface area contributed by atoms with E-state index in [4.69, 9.17) is 5.73 Å². The molecule has 8 heteroatoms. The minimum Gasteiger partial charge on any atom is -0.346 e. The SMILES string of the molecule is CC(C)[C@H](N)C(=O)NCC(=O)Nc1cccc(C(=O)N2CCCC2)c1.Cl. The molecule has 1 heterocycles. The van der Waals surface area contributed by atoms with Gasteiger partial charge in [-0.05, 0) is 37.0 Å². The number of carbonyl (C=O) groups excluding carboxylic acids is 3. The quantitative estimate of drug-likeness (QED) is 0.691. The van der Waals surface area contributed by atoms with Crippen LogP contribution < -0.4 is 16.4 Å². The number of rotatable bonds is 6. The van der Waals surface area contributed by atoms with Crippen molar-refractivity contribution < 1.29 is 14.4 Å². The molecule has 0 spiro atoms. The van der Waals surface area contributed by atoms with Crippen LogP contribution in [-0.2, 0) is 9.59 Å². The zero-order valence-corrected chi connectivity index (χ0v) is 16.0. The van der Waals surface area contributed by atoms with Gasteiger partial charge < -0.3 is 21.3 Å². The van der Waals surface area contributed by atoms with Crippen LogP contribution in [0.15, 0.2) is 24.3 Å². The molecule has 144 valence electrons. The van der Waals surface area contributed by atoms with Crippen molar-refractivity contribution in [1.82, 2.24) is 10.2 Å². The summed E-state index contributed by atoms with van der Waals surface area (Å²) in [5.74, 6) is -0.751. The predicted octanol–water partition coefficient (Wildman–Crippen LogP) is 1.38. The summed E-state index contributed by atoms with van der Waals surface area (Å²) in [5, 5.41) is 5.20. The fraction of sp³-hybridized carbons (Fsp3) is 0.500. The van der Waals surface area contributed by atoms with E-state index >= 15 is 0 Å². The molecular formula is C18H27ClN4O3. The van der Waals surface area contributed by atoms with Crippen LogP contribution >= 0.6 is 12.4 Å². The molecule has 0 unspecified atom stereocenters. The summed E-state index contributed by atoms with van der Waals surface area (Å²) in [4.78, 5) is 37.9. The average Bonchev–Trinajstić information content (AvgIpc) is 3.13. The Hall–Kier alpha value is -2.12. The van der Waals surface area contributed by atoms with Gasteiger partial charge in [0.25, 0.3) is 5.91 Å². The first-order valence-electron chi connectivity index (χ1n) is 8.61. The third-order valence-corrected chi connectivity index (χ3v) is 4.23. The first-order valence-corrected chi connectivity index (χ1v) is 8.61. The Labute approximate surface area is 160 Å². The lowest BCUT2D eigenvalue weighted by Crippen LogP contribution is -2.46. The molecular weight excluding hydrogens is 356 g/mol. The van der Waals surface area contributed by atoms with E-state index < -0.39 is 6.04 Å². The third kappa shape index (κ3) is 6.00. The van der Waals surface area contributed by atoms with Gasteiger partial charge in [-0.1, -0.05) is 19.9 Å². The molecule has 1 aromatic rings. The summed E-state index contributed by atoms with van der Waals surface area (Å²) >= 11 is 0. The Morgan fingerprint density at radius 3 is 2.46 bits per heavy atom. The van der Waals surface area contributed by atoms with Gasteiger partial charge in [-0.2, -0.15) is 0 Å². The fourth-order valence-electron chi connectivity index (χ4n) is 2.63. The van der Waals surface area contributed by atoms with E-state index in [0.29, 0.717) is 11.3 Å². The number of amides is 3. The molecule has 4 N–H and O–H groups in total. The fourth-order valence-corrected chi connectivity index (χ4v) is 2.63. The smallest absolute Gasteiger partial charge is 0.253 e. The van der Waals surface area contributed by atoms with Crippen LogP contribution in [0.1, 0.15) is 37.0 Å². The van der Waals surface area contributed by atoms with Gasteiger partial charge in [-0.3, -0.25) is 14.4 Å². The second kappa shape index (κ2) is 10.1. The summed E-state index contributed by atoms with van der Waals surface area (Å²) in [7, 11) is 0. The summed E-state index contributed by atoms with van der Waals surface area (Å²) < 4.78 is 0. The molecule has 3 amide bonds. The van der Waals surface area contributed by atoms with Crippen LogP contribution in [0.5, 0.6) is 0 Å². The molecule has 2 rings (SSSR count). The van der Waals surface area contributed by atoms with E-state index in [1.54, 1.807) is 24.3 Å². The maximum absolute atomic E-state index is 12.4. The van der Waals surface area contributed by atoms with E-state index in [-0.39, 0.29) is 42.6 Å². The maximum Gasteiger partial charge on any atom is 0.253 e. The zero-order chi connectivity index (χ0) is 18.4.